The van der Waals surface area contributed by atoms with Gasteiger partial charge in [-0.25, -0.2) is 0 Å². The molecular weight excluding hydrogens is 334 g/mol. The van der Waals surface area contributed by atoms with Gasteiger partial charge in [-0.15, -0.1) is 0 Å². The first-order chi connectivity index (χ1) is 12.6. The van der Waals surface area contributed by atoms with E-state index in [0.717, 1.165) is 18.5 Å². The molecule has 0 radical (unpaired) electrons. The lowest BCUT2D eigenvalue weighted by molar-refractivity contribution is -0.126. The van der Waals surface area contributed by atoms with E-state index in [0.29, 0.717) is 0 Å². The molecule has 1 aliphatic rings. The monoisotopic (exact) mass is 355 g/mol. The van der Waals surface area contributed by atoms with Crippen molar-refractivity contribution in [3.05, 3.63) is 54.0 Å². The fourth-order valence-electron chi connectivity index (χ4n) is 2.95. The summed E-state index contributed by atoms with van der Waals surface area (Å²) in [6, 6.07) is 10.9. The highest BCUT2D eigenvalue weighted by Crippen LogP contribution is 2.25. The maximum absolute atomic E-state index is 12.3. The summed E-state index contributed by atoms with van der Waals surface area (Å²) in [5, 5.41) is 0. The van der Waals surface area contributed by atoms with Gasteiger partial charge in [-0.05, 0) is 36.2 Å². The Labute approximate surface area is 151 Å². The largest absolute Gasteiger partial charge is 0.459 e. The summed E-state index contributed by atoms with van der Waals surface area (Å²) in [6.07, 6.45) is 3.54. The van der Waals surface area contributed by atoms with Gasteiger partial charge in [0.2, 0.25) is 11.8 Å². The third-order valence-electron chi connectivity index (χ3n) is 4.33. The van der Waals surface area contributed by atoms with Crippen LogP contribution in [0.5, 0.6) is 0 Å². The van der Waals surface area contributed by atoms with Gasteiger partial charge in [-0.3, -0.25) is 25.2 Å². The lowest BCUT2D eigenvalue weighted by Crippen LogP contribution is -2.45. The van der Waals surface area contributed by atoms with Crippen molar-refractivity contribution in [2.24, 2.45) is 5.92 Å². The van der Waals surface area contributed by atoms with Crippen LogP contribution in [0, 0.1) is 5.92 Å². The van der Waals surface area contributed by atoms with Gasteiger partial charge >= 0.3 is 5.91 Å². The Kier molecular flexibility index (Phi) is 5.36. The van der Waals surface area contributed by atoms with Gasteiger partial charge in [0.25, 0.3) is 0 Å². The number of furan rings is 1. The van der Waals surface area contributed by atoms with E-state index in [1.165, 1.54) is 17.9 Å². The fourth-order valence-corrected chi connectivity index (χ4v) is 2.95. The first kappa shape index (κ1) is 17.7. The number of hydrazine groups is 1. The lowest BCUT2D eigenvalue weighted by Gasteiger charge is -2.17. The van der Waals surface area contributed by atoms with Crippen LogP contribution in [0.2, 0.25) is 0 Å². The number of carbonyl (C=O) groups is 3. The molecule has 7 nitrogen and oxygen atoms in total. The molecule has 3 rings (SSSR count). The molecule has 1 saturated heterocycles. The van der Waals surface area contributed by atoms with Gasteiger partial charge < -0.3 is 9.32 Å². The van der Waals surface area contributed by atoms with Crippen molar-refractivity contribution in [2.45, 2.75) is 26.2 Å². The van der Waals surface area contributed by atoms with Gasteiger partial charge in [0, 0.05) is 18.7 Å². The second kappa shape index (κ2) is 7.86. The van der Waals surface area contributed by atoms with Crippen molar-refractivity contribution < 1.29 is 18.8 Å². The lowest BCUT2D eigenvalue weighted by atomic mass is 10.1. The van der Waals surface area contributed by atoms with Gasteiger partial charge in [0.15, 0.2) is 5.76 Å². The van der Waals surface area contributed by atoms with E-state index < -0.39 is 17.7 Å². The number of amides is 3. The maximum atomic E-state index is 12.3. The van der Waals surface area contributed by atoms with Crippen LogP contribution < -0.4 is 15.8 Å². The van der Waals surface area contributed by atoms with Crippen LogP contribution in [0.15, 0.2) is 47.1 Å². The minimum Gasteiger partial charge on any atom is -0.459 e. The quantitative estimate of drug-likeness (QED) is 0.803. The van der Waals surface area contributed by atoms with E-state index in [-0.39, 0.29) is 24.6 Å². The molecule has 0 aliphatic carbocycles. The zero-order valence-corrected chi connectivity index (χ0v) is 14.5. The molecule has 26 heavy (non-hydrogen) atoms. The Morgan fingerprint density at radius 2 is 1.96 bits per heavy atom. The molecule has 2 aromatic rings. The average Bonchev–Trinajstić information content (AvgIpc) is 3.30. The van der Waals surface area contributed by atoms with Gasteiger partial charge in [-0.1, -0.05) is 25.5 Å². The molecule has 2 N–H and O–H groups in total. The number of hydrogen-bond acceptors (Lipinski definition) is 4. The van der Waals surface area contributed by atoms with Gasteiger partial charge in [-0.2, -0.15) is 0 Å². The molecule has 1 aromatic heterocycles. The van der Waals surface area contributed by atoms with Crippen LogP contribution in [-0.4, -0.2) is 24.3 Å². The van der Waals surface area contributed by atoms with Crippen molar-refractivity contribution in [3.63, 3.8) is 0 Å². The van der Waals surface area contributed by atoms with Gasteiger partial charge in [0.1, 0.15) is 0 Å². The molecule has 2 heterocycles. The highest BCUT2D eigenvalue weighted by atomic mass is 16.3. The number of anilines is 1. The standard InChI is InChI=1S/C19H21N3O4/c1-2-4-13-6-8-15(9-7-13)22-12-14(11-17(22)23)18(24)20-21-19(25)16-5-3-10-26-16/h3,5-10,14H,2,4,11-12H2,1H3,(H,20,24)(H,21,25)/t14-/m1/s1. The number of hydrogen-bond donors (Lipinski definition) is 2. The van der Waals surface area contributed by atoms with Crippen molar-refractivity contribution in [3.8, 4) is 0 Å². The molecule has 0 unspecified atom stereocenters. The Balaban J connectivity index is 1.56. The highest BCUT2D eigenvalue weighted by molar-refractivity contribution is 6.01. The molecule has 0 bridgehead atoms. The van der Waals surface area contributed by atoms with Crippen LogP contribution in [0.4, 0.5) is 5.69 Å². The van der Waals surface area contributed by atoms with Crippen molar-refractivity contribution in [2.75, 3.05) is 11.4 Å². The minimum absolute atomic E-state index is 0.0987. The minimum atomic E-state index is -0.545. The molecule has 136 valence electrons. The third-order valence-corrected chi connectivity index (χ3v) is 4.33. The predicted molar refractivity (Wildman–Crippen MR) is 95.2 cm³/mol. The molecule has 1 atom stereocenters. The second-order valence-corrected chi connectivity index (χ2v) is 6.24. The van der Waals surface area contributed by atoms with E-state index in [1.807, 2.05) is 24.3 Å². The smallest absolute Gasteiger partial charge is 0.305 e. The summed E-state index contributed by atoms with van der Waals surface area (Å²) >= 11 is 0. The van der Waals surface area contributed by atoms with Crippen molar-refractivity contribution in [1.82, 2.24) is 10.9 Å². The average molecular weight is 355 g/mol. The second-order valence-electron chi connectivity index (χ2n) is 6.24. The molecule has 1 aliphatic heterocycles. The van der Waals surface area contributed by atoms with E-state index in [9.17, 15) is 14.4 Å². The number of nitrogens with zero attached hydrogens (tertiary/aromatic N) is 1. The zero-order chi connectivity index (χ0) is 18.5. The number of nitrogens with one attached hydrogen (secondary N) is 2. The molecule has 0 saturated carbocycles. The van der Waals surface area contributed by atoms with E-state index in [1.54, 1.807) is 11.0 Å². The highest BCUT2D eigenvalue weighted by Gasteiger charge is 2.35. The first-order valence-corrected chi connectivity index (χ1v) is 8.61. The molecule has 1 fully saturated rings. The summed E-state index contributed by atoms with van der Waals surface area (Å²) in [5.74, 6) is -1.47. The number of carbonyl (C=O) groups excluding carboxylic acids is 3. The zero-order valence-electron chi connectivity index (χ0n) is 14.5. The van der Waals surface area contributed by atoms with E-state index in [4.69, 9.17) is 4.42 Å². The van der Waals surface area contributed by atoms with Crippen molar-refractivity contribution >= 4 is 23.4 Å². The normalized spacial score (nSPS) is 16.6. The maximum Gasteiger partial charge on any atom is 0.305 e. The fraction of sp³-hybridized carbons (Fsp3) is 0.316. The van der Waals surface area contributed by atoms with Crippen LogP contribution in [0.25, 0.3) is 0 Å². The molecule has 3 amide bonds. The summed E-state index contributed by atoms with van der Waals surface area (Å²) in [7, 11) is 0. The van der Waals surface area contributed by atoms with Crippen LogP contribution in [-0.2, 0) is 16.0 Å². The Morgan fingerprint density at radius 3 is 2.62 bits per heavy atom. The number of benzene rings is 1. The first-order valence-electron chi connectivity index (χ1n) is 8.61. The summed E-state index contributed by atoms with van der Waals surface area (Å²) < 4.78 is 4.95. The predicted octanol–water partition coefficient (Wildman–Crippen LogP) is 2.05. The van der Waals surface area contributed by atoms with E-state index in [2.05, 4.69) is 17.8 Å². The number of aryl methyl sites for hydroxylation is 1. The molecule has 1 aromatic carbocycles. The molecule has 7 heteroatoms. The van der Waals surface area contributed by atoms with E-state index >= 15 is 0 Å². The summed E-state index contributed by atoms with van der Waals surface area (Å²) in [4.78, 5) is 37.9. The Hall–Kier alpha value is -3.09. The SMILES string of the molecule is CCCc1ccc(N2C[C@H](C(=O)NNC(=O)c3ccco3)CC2=O)cc1. The Bertz CT molecular complexity index is 784. The Morgan fingerprint density at radius 1 is 1.19 bits per heavy atom. The van der Waals surface area contributed by atoms with Crippen molar-refractivity contribution in [1.29, 1.82) is 0 Å². The third kappa shape index (κ3) is 3.93. The molecular formula is C19H21N3O4. The van der Waals surface area contributed by atoms with Crippen LogP contribution in [0.1, 0.15) is 35.9 Å². The molecule has 0 spiro atoms. The van der Waals surface area contributed by atoms with Gasteiger partial charge in [0.05, 0.1) is 12.2 Å². The number of rotatable bonds is 5. The summed E-state index contributed by atoms with van der Waals surface area (Å²) in [6.45, 7) is 2.40. The van der Waals surface area contributed by atoms with Crippen LogP contribution >= 0.6 is 0 Å². The summed E-state index contributed by atoms with van der Waals surface area (Å²) in [5.41, 5.74) is 6.65. The topological polar surface area (TPSA) is 91.7 Å². The van der Waals surface area contributed by atoms with Crippen LogP contribution in [0.3, 0.4) is 0 Å².